The van der Waals surface area contributed by atoms with E-state index in [4.69, 9.17) is 0 Å². The first-order valence-electron chi connectivity index (χ1n) is 8.73. The van der Waals surface area contributed by atoms with E-state index in [1.165, 1.54) is 16.7 Å². The smallest absolute Gasteiger partial charge is 0.261 e. The first-order chi connectivity index (χ1) is 12.6. The Labute approximate surface area is 155 Å². The van der Waals surface area contributed by atoms with Crippen LogP contribution >= 0.6 is 11.8 Å². The highest BCUT2D eigenvalue weighted by atomic mass is 32.2. The molecule has 26 heavy (non-hydrogen) atoms. The van der Waals surface area contributed by atoms with Crippen LogP contribution in [0.2, 0.25) is 0 Å². The first kappa shape index (κ1) is 17.0. The number of hydrogen-bond donors (Lipinski definition) is 0. The molecule has 0 saturated carbocycles. The van der Waals surface area contributed by atoms with Gasteiger partial charge in [0.25, 0.3) is 17.4 Å². The molecular weight excluding hydrogens is 350 g/mol. The van der Waals surface area contributed by atoms with Crippen molar-refractivity contribution in [2.45, 2.75) is 37.4 Å². The Morgan fingerprint density at radius 3 is 2.38 bits per heavy atom. The molecule has 6 nitrogen and oxygen atoms in total. The minimum Gasteiger partial charge on any atom is -0.287 e. The van der Waals surface area contributed by atoms with Crippen LogP contribution in [-0.2, 0) is 19.4 Å². The molecule has 0 spiro atoms. The summed E-state index contributed by atoms with van der Waals surface area (Å²) in [6, 6.07) is 6.87. The van der Waals surface area contributed by atoms with Crippen molar-refractivity contribution in [1.29, 1.82) is 0 Å². The summed E-state index contributed by atoms with van der Waals surface area (Å²) in [5.74, 6) is -0.509. The molecule has 1 aromatic carbocycles. The second-order valence-electron chi connectivity index (χ2n) is 6.50. The number of imide groups is 1. The van der Waals surface area contributed by atoms with Crippen LogP contribution in [0.5, 0.6) is 0 Å². The first-order valence-corrected chi connectivity index (χ1v) is 9.96. The van der Waals surface area contributed by atoms with Gasteiger partial charge in [-0.2, -0.15) is 0 Å². The van der Waals surface area contributed by atoms with Gasteiger partial charge in [-0.15, -0.1) is 0 Å². The molecule has 0 radical (unpaired) electrons. The standard InChI is InChI=1S/C19H19N3O3S/c1-26-19-20-15-9-4-8-14(15)18(25)22(19)11-5-10-21-16(23)12-6-2-3-7-13(12)17(21)24/h2-3,6-7H,4-5,8-11H2,1H3. The maximum absolute atomic E-state index is 12.7. The molecule has 0 atom stereocenters. The maximum Gasteiger partial charge on any atom is 0.261 e. The van der Waals surface area contributed by atoms with Crippen LogP contribution < -0.4 is 5.56 Å². The van der Waals surface area contributed by atoms with E-state index in [2.05, 4.69) is 4.98 Å². The van der Waals surface area contributed by atoms with Gasteiger partial charge in [0.15, 0.2) is 5.16 Å². The molecule has 0 saturated heterocycles. The molecule has 0 bridgehead atoms. The van der Waals surface area contributed by atoms with E-state index in [-0.39, 0.29) is 17.4 Å². The summed E-state index contributed by atoms with van der Waals surface area (Å²) in [6.07, 6.45) is 5.07. The van der Waals surface area contributed by atoms with E-state index in [0.29, 0.717) is 35.8 Å². The lowest BCUT2D eigenvalue weighted by molar-refractivity contribution is 0.0650. The van der Waals surface area contributed by atoms with Crippen LogP contribution in [0.3, 0.4) is 0 Å². The largest absolute Gasteiger partial charge is 0.287 e. The van der Waals surface area contributed by atoms with Gasteiger partial charge in [-0.05, 0) is 44.1 Å². The summed E-state index contributed by atoms with van der Waals surface area (Å²) in [5.41, 5.74) is 2.69. The van der Waals surface area contributed by atoms with Gasteiger partial charge in [0, 0.05) is 18.7 Å². The van der Waals surface area contributed by atoms with Gasteiger partial charge >= 0.3 is 0 Å². The highest BCUT2D eigenvalue weighted by molar-refractivity contribution is 7.98. The van der Waals surface area contributed by atoms with Gasteiger partial charge in [-0.1, -0.05) is 23.9 Å². The van der Waals surface area contributed by atoms with Gasteiger partial charge in [0.05, 0.1) is 16.8 Å². The van der Waals surface area contributed by atoms with E-state index < -0.39 is 0 Å². The SMILES string of the molecule is CSc1nc2c(c(=O)n1CCCN1C(=O)c3ccccc3C1=O)CCC2. The summed E-state index contributed by atoms with van der Waals surface area (Å²) < 4.78 is 1.69. The summed E-state index contributed by atoms with van der Waals surface area (Å²) in [7, 11) is 0. The number of aryl methyl sites for hydroxylation is 1. The summed E-state index contributed by atoms with van der Waals surface area (Å²) in [5, 5.41) is 0.706. The second-order valence-corrected chi connectivity index (χ2v) is 7.27. The van der Waals surface area contributed by atoms with Crippen molar-refractivity contribution in [3.05, 3.63) is 57.0 Å². The second kappa shape index (κ2) is 6.72. The Kier molecular flexibility index (Phi) is 4.40. The van der Waals surface area contributed by atoms with Crippen molar-refractivity contribution >= 4 is 23.6 Å². The Hall–Kier alpha value is -2.41. The fourth-order valence-corrected chi connectivity index (χ4v) is 4.29. The third-order valence-electron chi connectivity index (χ3n) is 4.98. The van der Waals surface area contributed by atoms with Crippen LogP contribution in [0.4, 0.5) is 0 Å². The molecular formula is C19H19N3O3S. The van der Waals surface area contributed by atoms with Gasteiger partial charge in [-0.25, -0.2) is 4.98 Å². The lowest BCUT2D eigenvalue weighted by Crippen LogP contribution is -2.33. The quantitative estimate of drug-likeness (QED) is 0.459. The number of amides is 2. The fourth-order valence-electron chi connectivity index (χ4n) is 3.69. The van der Waals surface area contributed by atoms with E-state index in [1.54, 1.807) is 28.8 Å². The number of aromatic nitrogens is 2. The topological polar surface area (TPSA) is 72.3 Å². The molecule has 2 amide bonds. The Bertz CT molecular complexity index is 932. The number of carbonyl (C=O) groups is 2. The zero-order valence-electron chi connectivity index (χ0n) is 14.5. The highest BCUT2D eigenvalue weighted by Gasteiger charge is 2.34. The van der Waals surface area contributed by atoms with Gasteiger partial charge < -0.3 is 0 Å². The third-order valence-corrected chi connectivity index (χ3v) is 5.65. The molecule has 1 aliphatic heterocycles. The average Bonchev–Trinajstić information content (AvgIpc) is 3.22. The third kappa shape index (κ3) is 2.67. The monoisotopic (exact) mass is 369 g/mol. The maximum atomic E-state index is 12.7. The zero-order chi connectivity index (χ0) is 18.3. The van der Waals surface area contributed by atoms with Crippen molar-refractivity contribution in [1.82, 2.24) is 14.5 Å². The van der Waals surface area contributed by atoms with Crippen molar-refractivity contribution in [3.63, 3.8) is 0 Å². The summed E-state index contributed by atoms with van der Waals surface area (Å²) in [4.78, 5) is 43.5. The Morgan fingerprint density at radius 1 is 1.04 bits per heavy atom. The Balaban J connectivity index is 1.51. The minimum absolute atomic E-state index is 0.0270. The van der Waals surface area contributed by atoms with Crippen molar-refractivity contribution in [2.24, 2.45) is 0 Å². The fraction of sp³-hybridized carbons (Fsp3) is 0.368. The number of thioether (sulfide) groups is 1. The van der Waals surface area contributed by atoms with Gasteiger partial charge in [0.1, 0.15) is 0 Å². The number of hydrogen-bond acceptors (Lipinski definition) is 5. The predicted molar refractivity (Wildman–Crippen MR) is 98.7 cm³/mol. The van der Waals surface area contributed by atoms with E-state index in [0.717, 1.165) is 30.5 Å². The molecule has 2 aliphatic rings. The molecule has 7 heteroatoms. The number of carbonyl (C=O) groups excluding carboxylic acids is 2. The predicted octanol–water partition coefficient (Wildman–Crippen LogP) is 2.14. The van der Waals surface area contributed by atoms with Crippen molar-refractivity contribution in [3.8, 4) is 0 Å². The summed E-state index contributed by atoms with van der Waals surface area (Å²) in [6.45, 7) is 0.742. The highest BCUT2D eigenvalue weighted by Crippen LogP contribution is 2.23. The molecule has 0 unspecified atom stereocenters. The minimum atomic E-state index is -0.255. The molecule has 4 rings (SSSR count). The van der Waals surface area contributed by atoms with Crippen LogP contribution in [-0.4, -0.2) is 39.1 Å². The van der Waals surface area contributed by atoms with Crippen molar-refractivity contribution in [2.75, 3.05) is 12.8 Å². The van der Waals surface area contributed by atoms with Crippen LogP contribution in [0, 0.1) is 0 Å². The zero-order valence-corrected chi connectivity index (χ0v) is 15.3. The molecule has 0 fully saturated rings. The van der Waals surface area contributed by atoms with Crippen molar-refractivity contribution < 1.29 is 9.59 Å². The van der Waals surface area contributed by atoms with E-state index >= 15 is 0 Å². The number of benzene rings is 1. The molecule has 1 aliphatic carbocycles. The molecule has 134 valence electrons. The van der Waals surface area contributed by atoms with E-state index in [9.17, 15) is 14.4 Å². The van der Waals surface area contributed by atoms with Crippen LogP contribution in [0.25, 0.3) is 0 Å². The van der Waals surface area contributed by atoms with Crippen LogP contribution in [0.15, 0.2) is 34.2 Å². The lowest BCUT2D eigenvalue weighted by atomic mass is 10.1. The van der Waals surface area contributed by atoms with Gasteiger partial charge in [-0.3, -0.25) is 23.9 Å². The van der Waals surface area contributed by atoms with E-state index in [1.807, 2.05) is 6.26 Å². The molecule has 2 aromatic rings. The number of fused-ring (bicyclic) bond motifs is 2. The average molecular weight is 369 g/mol. The lowest BCUT2D eigenvalue weighted by Gasteiger charge is -2.16. The number of rotatable bonds is 5. The molecule has 2 heterocycles. The number of nitrogens with zero attached hydrogens (tertiary/aromatic N) is 3. The molecule has 0 N–H and O–H groups in total. The van der Waals surface area contributed by atoms with Gasteiger partial charge in [0.2, 0.25) is 0 Å². The Morgan fingerprint density at radius 2 is 1.73 bits per heavy atom. The summed E-state index contributed by atoms with van der Waals surface area (Å²) >= 11 is 1.45. The normalized spacial score (nSPS) is 15.5. The van der Waals surface area contributed by atoms with Crippen LogP contribution in [0.1, 0.15) is 44.8 Å². The molecule has 1 aromatic heterocycles.